The van der Waals surface area contributed by atoms with Crippen LogP contribution in [0.5, 0.6) is 0 Å². The van der Waals surface area contributed by atoms with Crippen LogP contribution in [-0.4, -0.2) is 41.4 Å². The monoisotopic (exact) mass is 280 g/mol. The number of hydrogen-bond donors (Lipinski definition) is 2. The summed E-state index contributed by atoms with van der Waals surface area (Å²) in [6.07, 6.45) is -2.03. The van der Waals surface area contributed by atoms with Gasteiger partial charge in [0.05, 0.1) is 5.56 Å². The molecule has 0 aliphatic rings. The molecule has 0 atom stereocenters. The van der Waals surface area contributed by atoms with Crippen molar-refractivity contribution in [3.8, 4) is 0 Å². The van der Waals surface area contributed by atoms with E-state index in [0.29, 0.717) is 12.1 Å². The molecule has 0 radical (unpaired) electrons. The SMILES string of the molecule is NCCOC(=O)c1cccnc1.O=C(O)C(F)(F)F. The van der Waals surface area contributed by atoms with Crippen LogP contribution in [0.2, 0.25) is 0 Å². The number of nitrogens with zero attached hydrogens (tertiary/aromatic N) is 1. The highest BCUT2D eigenvalue weighted by Gasteiger charge is 2.38. The summed E-state index contributed by atoms with van der Waals surface area (Å²) < 4.78 is 36.5. The Labute approximate surface area is 106 Å². The van der Waals surface area contributed by atoms with Gasteiger partial charge in [-0.2, -0.15) is 13.2 Å². The van der Waals surface area contributed by atoms with E-state index in [2.05, 4.69) is 4.98 Å². The fourth-order valence-corrected chi connectivity index (χ4v) is 0.718. The van der Waals surface area contributed by atoms with Crippen molar-refractivity contribution >= 4 is 11.9 Å². The molecule has 1 aromatic heterocycles. The predicted octanol–water partition coefficient (Wildman–Crippen LogP) is 0.830. The number of rotatable bonds is 3. The Bertz CT molecular complexity index is 409. The number of carbonyl (C=O) groups is 2. The van der Waals surface area contributed by atoms with Gasteiger partial charge in [0.1, 0.15) is 6.61 Å². The van der Waals surface area contributed by atoms with Gasteiger partial charge in [-0.05, 0) is 12.1 Å². The summed E-state index contributed by atoms with van der Waals surface area (Å²) in [5.74, 6) is -3.14. The molecule has 0 unspecified atom stereocenters. The number of alkyl halides is 3. The molecule has 3 N–H and O–H groups in total. The molecule has 1 heterocycles. The van der Waals surface area contributed by atoms with Crippen molar-refractivity contribution in [2.24, 2.45) is 5.73 Å². The van der Waals surface area contributed by atoms with Crippen LogP contribution < -0.4 is 5.73 Å². The number of carboxylic acid groups (broad SMARTS) is 1. The maximum atomic E-state index is 11.1. The van der Waals surface area contributed by atoms with E-state index in [-0.39, 0.29) is 12.6 Å². The van der Waals surface area contributed by atoms with Crippen LogP contribution in [0, 0.1) is 0 Å². The lowest BCUT2D eigenvalue weighted by Gasteiger charge is -2.00. The smallest absolute Gasteiger partial charge is 0.475 e. The van der Waals surface area contributed by atoms with Crippen molar-refractivity contribution in [1.29, 1.82) is 0 Å². The molecule has 0 bridgehead atoms. The van der Waals surface area contributed by atoms with Crippen molar-refractivity contribution in [2.75, 3.05) is 13.2 Å². The molecular weight excluding hydrogens is 269 g/mol. The number of aliphatic carboxylic acids is 1. The molecule has 1 aromatic rings. The molecule has 0 aliphatic carbocycles. The molecule has 106 valence electrons. The first kappa shape index (κ1) is 16.8. The van der Waals surface area contributed by atoms with Crippen LogP contribution in [-0.2, 0) is 9.53 Å². The number of carbonyl (C=O) groups excluding carboxylic acids is 1. The lowest BCUT2D eigenvalue weighted by Crippen LogP contribution is -2.21. The molecule has 1 rings (SSSR count). The summed E-state index contributed by atoms with van der Waals surface area (Å²) in [5.41, 5.74) is 5.61. The van der Waals surface area contributed by atoms with Gasteiger partial charge < -0.3 is 15.6 Å². The van der Waals surface area contributed by atoms with E-state index in [0.717, 1.165) is 0 Å². The van der Waals surface area contributed by atoms with E-state index in [4.69, 9.17) is 20.4 Å². The van der Waals surface area contributed by atoms with Crippen molar-refractivity contribution in [3.05, 3.63) is 30.1 Å². The normalized spacial score (nSPS) is 10.1. The van der Waals surface area contributed by atoms with Gasteiger partial charge >= 0.3 is 18.1 Å². The molecule has 0 fully saturated rings. The van der Waals surface area contributed by atoms with Crippen LogP contribution in [0.3, 0.4) is 0 Å². The number of hydrogen-bond acceptors (Lipinski definition) is 5. The lowest BCUT2D eigenvalue weighted by atomic mass is 10.3. The lowest BCUT2D eigenvalue weighted by molar-refractivity contribution is -0.192. The van der Waals surface area contributed by atoms with E-state index < -0.39 is 12.1 Å². The maximum Gasteiger partial charge on any atom is 0.490 e. The van der Waals surface area contributed by atoms with Gasteiger partial charge in [-0.15, -0.1) is 0 Å². The zero-order valence-corrected chi connectivity index (χ0v) is 9.55. The third-order valence-corrected chi connectivity index (χ3v) is 1.49. The van der Waals surface area contributed by atoms with Gasteiger partial charge in [0.15, 0.2) is 0 Å². The minimum Gasteiger partial charge on any atom is -0.475 e. The molecule has 9 heteroatoms. The number of nitrogens with two attached hydrogens (primary N) is 1. The predicted molar refractivity (Wildman–Crippen MR) is 57.3 cm³/mol. The summed E-state index contributed by atoms with van der Waals surface area (Å²) in [7, 11) is 0. The van der Waals surface area contributed by atoms with E-state index in [1.165, 1.54) is 6.20 Å². The summed E-state index contributed by atoms with van der Waals surface area (Å²) in [5, 5.41) is 7.12. The first-order valence-electron chi connectivity index (χ1n) is 4.86. The van der Waals surface area contributed by atoms with Crippen molar-refractivity contribution < 1.29 is 32.6 Å². The summed E-state index contributed by atoms with van der Waals surface area (Å²) in [6, 6.07) is 3.32. The molecule has 0 saturated carbocycles. The van der Waals surface area contributed by atoms with Crippen LogP contribution in [0.4, 0.5) is 13.2 Å². The minimum absolute atomic E-state index is 0.244. The Morgan fingerprint density at radius 3 is 2.37 bits per heavy atom. The number of halogens is 3. The number of carboxylic acids is 1. The number of pyridine rings is 1. The average molecular weight is 280 g/mol. The molecule has 0 aliphatic heterocycles. The van der Waals surface area contributed by atoms with Crippen molar-refractivity contribution in [1.82, 2.24) is 4.98 Å². The molecule has 0 aromatic carbocycles. The highest BCUT2D eigenvalue weighted by molar-refractivity contribution is 5.88. The largest absolute Gasteiger partial charge is 0.490 e. The van der Waals surface area contributed by atoms with Crippen molar-refractivity contribution in [3.63, 3.8) is 0 Å². The molecule has 0 amide bonds. The van der Waals surface area contributed by atoms with Gasteiger partial charge in [0, 0.05) is 18.9 Å². The van der Waals surface area contributed by atoms with E-state index in [9.17, 15) is 18.0 Å². The zero-order valence-electron chi connectivity index (χ0n) is 9.55. The second-order valence-electron chi connectivity index (χ2n) is 2.97. The quantitative estimate of drug-likeness (QED) is 0.795. The minimum atomic E-state index is -5.08. The van der Waals surface area contributed by atoms with Crippen LogP contribution in [0.15, 0.2) is 24.5 Å². The van der Waals surface area contributed by atoms with Gasteiger partial charge in [-0.3, -0.25) is 4.98 Å². The van der Waals surface area contributed by atoms with E-state index in [1.807, 2.05) is 0 Å². The van der Waals surface area contributed by atoms with Gasteiger partial charge in [-0.1, -0.05) is 0 Å². The Morgan fingerprint density at radius 1 is 1.42 bits per heavy atom. The van der Waals surface area contributed by atoms with E-state index in [1.54, 1.807) is 18.3 Å². The van der Waals surface area contributed by atoms with Crippen LogP contribution in [0.25, 0.3) is 0 Å². The fraction of sp³-hybridized carbons (Fsp3) is 0.300. The average Bonchev–Trinajstić information content (AvgIpc) is 2.36. The number of aromatic nitrogens is 1. The maximum absolute atomic E-state index is 11.1. The first-order valence-corrected chi connectivity index (χ1v) is 4.86. The zero-order chi connectivity index (χ0) is 14.9. The fourth-order valence-electron chi connectivity index (χ4n) is 0.718. The van der Waals surface area contributed by atoms with Crippen LogP contribution >= 0.6 is 0 Å². The first-order chi connectivity index (χ1) is 8.79. The van der Waals surface area contributed by atoms with Gasteiger partial charge in [0.25, 0.3) is 0 Å². The third kappa shape index (κ3) is 7.71. The molecular formula is C10H11F3N2O4. The van der Waals surface area contributed by atoms with E-state index >= 15 is 0 Å². The standard InChI is InChI=1S/C8H10N2O2.C2HF3O2/c9-3-5-12-8(11)7-2-1-4-10-6-7;3-2(4,5)1(6)7/h1-2,4,6H,3,5,9H2;(H,6,7). The second-order valence-corrected chi connectivity index (χ2v) is 2.97. The Kier molecular flexibility index (Phi) is 7.12. The highest BCUT2D eigenvalue weighted by Crippen LogP contribution is 2.13. The summed E-state index contributed by atoms with van der Waals surface area (Å²) in [4.78, 5) is 23.8. The Hall–Kier alpha value is -2.16. The Morgan fingerprint density at radius 2 is 2.00 bits per heavy atom. The molecule has 0 spiro atoms. The number of ether oxygens (including phenoxy) is 1. The molecule has 19 heavy (non-hydrogen) atoms. The highest BCUT2D eigenvalue weighted by atomic mass is 19.4. The van der Waals surface area contributed by atoms with Crippen LogP contribution in [0.1, 0.15) is 10.4 Å². The topological polar surface area (TPSA) is 103 Å². The third-order valence-electron chi connectivity index (χ3n) is 1.49. The second kappa shape index (κ2) is 8.03. The van der Waals surface area contributed by atoms with Crippen molar-refractivity contribution in [2.45, 2.75) is 6.18 Å². The van der Waals surface area contributed by atoms with Gasteiger partial charge in [-0.25, -0.2) is 9.59 Å². The summed E-state index contributed by atoms with van der Waals surface area (Å²) >= 11 is 0. The van der Waals surface area contributed by atoms with Gasteiger partial charge in [0.2, 0.25) is 0 Å². The molecule has 0 saturated heterocycles. The summed E-state index contributed by atoms with van der Waals surface area (Å²) in [6.45, 7) is 0.583. The number of esters is 1. The Balaban J connectivity index is 0.000000399. The molecule has 6 nitrogen and oxygen atoms in total.